The van der Waals surface area contributed by atoms with Crippen molar-refractivity contribution in [1.29, 1.82) is 0 Å². The monoisotopic (exact) mass is 338 g/mol. The van der Waals surface area contributed by atoms with Crippen LogP contribution in [-0.4, -0.2) is 57.8 Å². The van der Waals surface area contributed by atoms with E-state index in [-0.39, 0.29) is 11.9 Å². The average molecular weight is 338 g/mol. The Balaban J connectivity index is 1.90. The zero-order chi connectivity index (χ0) is 16.6. The smallest absolute Gasteiger partial charge is 0.254 e. The number of carbonyl (C=O) groups excluding carboxylic acids is 1. The van der Waals surface area contributed by atoms with Crippen LogP contribution in [0.5, 0.6) is 0 Å². The molecule has 0 bridgehead atoms. The lowest BCUT2D eigenvalue weighted by molar-refractivity contribution is 0.00359. The summed E-state index contributed by atoms with van der Waals surface area (Å²) in [5.74, 6) is -0.0138. The molecule has 2 aliphatic rings. The van der Waals surface area contributed by atoms with E-state index in [0.717, 1.165) is 18.4 Å². The molecule has 23 heavy (non-hydrogen) atoms. The normalized spacial score (nSPS) is 21.9. The molecule has 126 valence electrons. The molecule has 0 spiro atoms. The van der Waals surface area contributed by atoms with Gasteiger partial charge in [0.15, 0.2) is 0 Å². The Labute approximate surface area is 137 Å². The fourth-order valence-corrected chi connectivity index (χ4v) is 4.23. The van der Waals surface area contributed by atoms with Crippen molar-refractivity contribution in [1.82, 2.24) is 4.90 Å². The third-order valence-corrected chi connectivity index (χ3v) is 5.61. The standard InChI is InChI=1S/C16H22N2O4S/c1-12-11-22-9-8-17(12)16(19)14-5-6-15-13(10-14)4-3-7-18(15)23(2,20)21/h5-6,10,12H,3-4,7-9,11H2,1-2H3. The van der Waals surface area contributed by atoms with Crippen LogP contribution in [0, 0.1) is 0 Å². The summed E-state index contributed by atoms with van der Waals surface area (Å²) in [4.78, 5) is 14.5. The van der Waals surface area contributed by atoms with Crippen molar-refractivity contribution < 1.29 is 17.9 Å². The number of amides is 1. The quantitative estimate of drug-likeness (QED) is 0.814. The Morgan fingerprint density at radius 3 is 2.78 bits per heavy atom. The summed E-state index contributed by atoms with van der Waals surface area (Å²) in [6, 6.07) is 5.39. The second-order valence-electron chi connectivity index (χ2n) is 6.20. The van der Waals surface area contributed by atoms with Gasteiger partial charge in [0.2, 0.25) is 10.0 Å². The van der Waals surface area contributed by atoms with Gasteiger partial charge in [-0.15, -0.1) is 0 Å². The molecule has 2 heterocycles. The summed E-state index contributed by atoms with van der Waals surface area (Å²) in [7, 11) is -3.28. The van der Waals surface area contributed by atoms with E-state index in [9.17, 15) is 13.2 Å². The number of benzene rings is 1. The van der Waals surface area contributed by atoms with Gasteiger partial charge in [-0.2, -0.15) is 0 Å². The molecule has 1 amide bonds. The largest absolute Gasteiger partial charge is 0.377 e. The van der Waals surface area contributed by atoms with Crippen molar-refractivity contribution >= 4 is 21.6 Å². The van der Waals surface area contributed by atoms with Gasteiger partial charge in [-0.05, 0) is 43.5 Å². The Morgan fingerprint density at radius 1 is 1.30 bits per heavy atom. The maximum absolute atomic E-state index is 12.7. The fourth-order valence-electron chi connectivity index (χ4n) is 3.23. The molecule has 3 rings (SSSR count). The zero-order valence-corrected chi connectivity index (χ0v) is 14.3. The molecular formula is C16H22N2O4S. The minimum atomic E-state index is -3.28. The van der Waals surface area contributed by atoms with E-state index in [0.29, 0.717) is 37.6 Å². The van der Waals surface area contributed by atoms with E-state index >= 15 is 0 Å². The number of ether oxygens (including phenoxy) is 1. The fraction of sp³-hybridized carbons (Fsp3) is 0.562. The van der Waals surface area contributed by atoms with Crippen molar-refractivity contribution in [2.45, 2.75) is 25.8 Å². The lowest BCUT2D eigenvalue weighted by Gasteiger charge is -2.34. The van der Waals surface area contributed by atoms with Gasteiger partial charge in [0.25, 0.3) is 5.91 Å². The molecule has 1 unspecified atom stereocenters. The number of hydrogen-bond acceptors (Lipinski definition) is 4. The molecule has 1 fully saturated rings. The molecular weight excluding hydrogens is 316 g/mol. The van der Waals surface area contributed by atoms with Gasteiger partial charge in [0.1, 0.15) is 0 Å². The van der Waals surface area contributed by atoms with Gasteiger partial charge < -0.3 is 9.64 Å². The number of carbonyl (C=O) groups is 1. The predicted octanol–water partition coefficient (Wildman–Crippen LogP) is 1.26. The van der Waals surface area contributed by atoms with E-state index in [4.69, 9.17) is 4.74 Å². The Kier molecular flexibility index (Phi) is 4.33. The number of fused-ring (bicyclic) bond motifs is 1. The van der Waals surface area contributed by atoms with E-state index in [1.165, 1.54) is 10.6 Å². The molecule has 2 aliphatic heterocycles. The van der Waals surface area contributed by atoms with Crippen LogP contribution in [0.1, 0.15) is 29.3 Å². The first-order valence-corrected chi connectivity index (χ1v) is 9.72. The van der Waals surface area contributed by atoms with E-state index in [2.05, 4.69) is 0 Å². The van der Waals surface area contributed by atoms with Gasteiger partial charge in [-0.25, -0.2) is 8.42 Å². The Bertz CT molecular complexity index is 717. The second kappa shape index (κ2) is 6.13. The van der Waals surface area contributed by atoms with Crippen LogP contribution in [0.25, 0.3) is 0 Å². The van der Waals surface area contributed by atoms with Gasteiger partial charge in [0, 0.05) is 18.7 Å². The zero-order valence-electron chi connectivity index (χ0n) is 13.5. The highest BCUT2D eigenvalue weighted by Crippen LogP contribution is 2.30. The molecule has 1 saturated heterocycles. The molecule has 6 nitrogen and oxygen atoms in total. The summed E-state index contributed by atoms with van der Waals surface area (Å²) < 4.78 is 30.6. The van der Waals surface area contributed by atoms with Gasteiger partial charge >= 0.3 is 0 Å². The van der Waals surface area contributed by atoms with Gasteiger partial charge in [0.05, 0.1) is 31.2 Å². The lowest BCUT2D eigenvalue weighted by Crippen LogP contribution is -2.47. The second-order valence-corrected chi connectivity index (χ2v) is 8.11. The van der Waals surface area contributed by atoms with Gasteiger partial charge in [-0.1, -0.05) is 0 Å². The number of anilines is 1. The van der Waals surface area contributed by atoms with Crippen molar-refractivity contribution in [2.75, 3.05) is 36.9 Å². The first kappa shape index (κ1) is 16.3. The van der Waals surface area contributed by atoms with Crippen molar-refractivity contribution in [2.24, 2.45) is 0 Å². The SMILES string of the molecule is CC1COCCN1C(=O)c1ccc2c(c1)CCCN2S(C)(=O)=O. The maximum Gasteiger partial charge on any atom is 0.254 e. The molecule has 1 aromatic carbocycles. The predicted molar refractivity (Wildman–Crippen MR) is 88.3 cm³/mol. The highest BCUT2D eigenvalue weighted by atomic mass is 32.2. The van der Waals surface area contributed by atoms with Crippen molar-refractivity contribution in [3.8, 4) is 0 Å². The van der Waals surface area contributed by atoms with Crippen LogP contribution in [0.2, 0.25) is 0 Å². The third-order valence-electron chi connectivity index (χ3n) is 4.43. The number of sulfonamides is 1. The molecule has 1 aromatic rings. The van der Waals surface area contributed by atoms with Crippen LogP contribution in [-0.2, 0) is 21.2 Å². The van der Waals surface area contributed by atoms with Crippen LogP contribution < -0.4 is 4.31 Å². The number of aryl methyl sites for hydroxylation is 1. The lowest BCUT2D eigenvalue weighted by atomic mass is 10.00. The third kappa shape index (κ3) is 3.21. The minimum absolute atomic E-state index is 0.0138. The first-order valence-electron chi connectivity index (χ1n) is 7.87. The van der Waals surface area contributed by atoms with Crippen LogP contribution in [0.4, 0.5) is 5.69 Å². The van der Waals surface area contributed by atoms with E-state index in [1.54, 1.807) is 12.1 Å². The molecule has 0 saturated carbocycles. The number of hydrogen-bond donors (Lipinski definition) is 0. The van der Waals surface area contributed by atoms with E-state index < -0.39 is 10.0 Å². The Hall–Kier alpha value is -1.60. The maximum atomic E-state index is 12.7. The summed E-state index contributed by atoms with van der Waals surface area (Å²) in [5.41, 5.74) is 2.24. The summed E-state index contributed by atoms with van der Waals surface area (Å²) in [6.45, 7) is 4.18. The highest BCUT2D eigenvalue weighted by molar-refractivity contribution is 7.92. The number of rotatable bonds is 2. The van der Waals surface area contributed by atoms with Crippen LogP contribution >= 0.6 is 0 Å². The highest BCUT2D eigenvalue weighted by Gasteiger charge is 2.28. The summed E-state index contributed by atoms with van der Waals surface area (Å²) in [5, 5.41) is 0. The molecule has 0 N–H and O–H groups in total. The Morgan fingerprint density at radius 2 is 2.09 bits per heavy atom. The number of morpholine rings is 1. The topological polar surface area (TPSA) is 66.9 Å². The first-order chi connectivity index (χ1) is 10.9. The molecule has 1 atom stereocenters. The summed E-state index contributed by atoms with van der Waals surface area (Å²) in [6.07, 6.45) is 2.78. The van der Waals surface area contributed by atoms with Crippen molar-refractivity contribution in [3.05, 3.63) is 29.3 Å². The van der Waals surface area contributed by atoms with Crippen LogP contribution in [0.15, 0.2) is 18.2 Å². The summed E-state index contributed by atoms with van der Waals surface area (Å²) >= 11 is 0. The average Bonchev–Trinajstić information content (AvgIpc) is 2.52. The van der Waals surface area contributed by atoms with Crippen LogP contribution in [0.3, 0.4) is 0 Å². The molecule has 7 heteroatoms. The molecule has 0 radical (unpaired) electrons. The molecule has 0 aromatic heterocycles. The molecule has 0 aliphatic carbocycles. The van der Waals surface area contributed by atoms with Gasteiger partial charge in [-0.3, -0.25) is 9.10 Å². The van der Waals surface area contributed by atoms with E-state index in [1.807, 2.05) is 17.9 Å². The van der Waals surface area contributed by atoms with Crippen molar-refractivity contribution in [3.63, 3.8) is 0 Å². The number of nitrogens with zero attached hydrogens (tertiary/aromatic N) is 2. The minimum Gasteiger partial charge on any atom is -0.377 e.